The van der Waals surface area contributed by atoms with Gasteiger partial charge in [-0.25, -0.2) is 14.6 Å². The van der Waals surface area contributed by atoms with Crippen LogP contribution in [0.2, 0.25) is 0 Å². The second kappa shape index (κ2) is 5.11. The largest absolute Gasteiger partial charge is 0.422 e. The van der Waals surface area contributed by atoms with Crippen molar-refractivity contribution in [3.63, 3.8) is 0 Å². The van der Waals surface area contributed by atoms with E-state index in [0.717, 1.165) is 10.5 Å². The van der Waals surface area contributed by atoms with E-state index in [1.807, 2.05) is 6.07 Å². The molecule has 5 nitrogen and oxygen atoms in total. The van der Waals surface area contributed by atoms with Gasteiger partial charge in [0.15, 0.2) is 0 Å². The first-order valence-corrected chi connectivity index (χ1v) is 6.37. The van der Waals surface area contributed by atoms with Crippen LogP contribution in [-0.4, -0.2) is 17.2 Å². The predicted molar refractivity (Wildman–Crippen MR) is 72.2 cm³/mol. The third-order valence-electron chi connectivity index (χ3n) is 2.48. The van der Waals surface area contributed by atoms with Crippen molar-refractivity contribution in [1.29, 1.82) is 0 Å². The summed E-state index contributed by atoms with van der Waals surface area (Å²) in [6, 6.07) is 10.5. The number of nitrogens with one attached hydrogen (secondary N) is 1. The van der Waals surface area contributed by atoms with E-state index in [-0.39, 0.29) is 5.69 Å². The van der Waals surface area contributed by atoms with Crippen molar-refractivity contribution >= 4 is 24.1 Å². The van der Waals surface area contributed by atoms with Crippen molar-refractivity contribution in [1.82, 2.24) is 9.82 Å². The van der Waals surface area contributed by atoms with E-state index in [4.69, 9.17) is 4.74 Å². The van der Waals surface area contributed by atoms with E-state index in [1.165, 1.54) is 11.9 Å². The zero-order valence-electron chi connectivity index (χ0n) is 9.74. The Morgan fingerprint density at radius 3 is 3.05 bits per heavy atom. The van der Waals surface area contributed by atoms with E-state index in [9.17, 15) is 4.79 Å². The highest BCUT2D eigenvalue weighted by Crippen LogP contribution is 2.27. The highest BCUT2D eigenvalue weighted by molar-refractivity contribution is 7.97. The van der Waals surface area contributed by atoms with Gasteiger partial charge >= 0.3 is 5.97 Å². The maximum atomic E-state index is 11.8. The molecule has 2 aromatic rings. The first-order chi connectivity index (χ1) is 9.33. The van der Waals surface area contributed by atoms with E-state index >= 15 is 0 Å². The van der Waals surface area contributed by atoms with Gasteiger partial charge in [-0.2, -0.15) is 5.10 Å². The molecule has 1 aromatic heterocycles. The van der Waals surface area contributed by atoms with Crippen LogP contribution in [0.25, 0.3) is 0 Å². The molecule has 0 unspecified atom stereocenters. The number of fused-ring (bicyclic) bond motifs is 1. The molecular weight excluding hydrogens is 262 g/mol. The normalized spacial score (nSPS) is 12.4. The van der Waals surface area contributed by atoms with Gasteiger partial charge in [0.1, 0.15) is 11.4 Å². The molecule has 0 saturated carbocycles. The van der Waals surface area contributed by atoms with Crippen molar-refractivity contribution in [3.05, 3.63) is 53.9 Å². The Labute approximate surface area is 113 Å². The van der Waals surface area contributed by atoms with Gasteiger partial charge in [-0.05, 0) is 30.3 Å². The molecule has 1 N–H and O–H groups in total. The van der Waals surface area contributed by atoms with Crippen LogP contribution >= 0.6 is 11.9 Å². The quantitative estimate of drug-likeness (QED) is 0.515. The molecule has 0 amide bonds. The molecule has 0 saturated heterocycles. The monoisotopic (exact) mass is 271 g/mol. The van der Waals surface area contributed by atoms with Crippen LogP contribution in [0.3, 0.4) is 0 Å². The van der Waals surface area contributed by atoms with Crippen LogP contribution < -0.4 is 9.57 Å². The van der Waals surface area contributed by atoms with E-state index < -0.39 is 5.97 Å². The van der Waals surface area contributed by atoms with Gasteiger partial charge < -0.3 is 4.74 Å². The lowest BCUT2D eigenvalue weighted by Crippen LogP contribution is -2.11. The highest BCUT2D eigenvalue weighted by Gasteiger charge is 2.12. The molecule has 0 radical (unpaired) electrons. The lowest BCUT2D eigenvalue weighted by molar-refractivity contribution is 0.0728. The first kappa shape index (κ1) is 11.7. The molecule has 19 heavy (non-hydrogen) atoms. The average molecular weight is 271 g/mol. The molecule has 0 atom stereocenters. The van der Waals surface area contributed by atoms with Crippen molar-refractivity contribution in [2.45, 2.75) is 4.90 Å². The van der Waals surface area contributed by atoms with E-state index in [1.54, 1.807) is 42.7 Å². The number of aromatic nitrogens is 1. The number of carbonyl (C=O) groups excluding carboxylic acids is 1. The zero-order valence-corrected chi connectivity index (χ0v) is 10.6. The van der Waals surface area contributed by atoms with E-state index in [2.05, 4.69) is 14.9 Å². The van der Waals surface area contributed by atoms with Crippen molar-refractivity contribution < 1.29 is 9.53 Å². The Kier molecular flexibility index (Phi) is 3.16. The summed E-state index contributed by atoms with van der Waals surface area (Å²) in [5.74, 6) is 0.0157. The number of esters is 1. The minimum Gasteiger partial charge on any atom is -0.422 e. The number of nitrogens with zero attached hydrogens (tertiary/aromatic N) is 2. The summed E-state index contributed by atoms with van der Waals surface area (Å²) in [5.41, 5.74) is 1.27. The number of carbonyl (C=O) groups is 1. The Hall–Kier alpha value is -2.34. The van der Waals surface area contributed by atoms with Gasteiger partial charge in [-0.1, -0.05) is 6.07 Å². The third-order valence-corrected chi connectivity index (χ3v) is 3.25. The summed E-state index contributed by atoms with van der Waals surface area (Å²) in [4.78, 5) is 19.5. The smallest absolute Gasteiger partial charge is 0.362 e. The Balaban J connectivity index is 1.81. The first-order valence-electron chi connectivity index (χ1n) is 5.55. The summed E-state index contributed by atoms with van der Waals surface area (Å²) in [6.07, 6.45) is 3.27. The molecule has 0 aliphatic carbocycles. The molecule has 3 rings (SSSR count). The highest BCUT2D eigenvalue weighted by atomic mass is 32.2. The van der Waals surface area contributed by atoms with Crippen LogP contribution in [0.15, 0.2) is 52.6 Å². The zero-order chi connectivity index (χ0) is 13.1. The summed E-state index contributed by atoms with van der Waals surface area (Å²) in [5, 5.41) is 3.93. The number of hydrogen-bond acceptors (Lipinski definition) is 6. The fraction of sp³-hybridized carbons (Fsp3) is 0. The lowest BCUT2D eigenvalue weighted by Gasteiger charge is -2.11. The molecule has 1 aliphatic rings. The number of hydrazone groups is 1. The minimum atomic E-state index is -0.469. The Morgan fingerprint density at radius 2 is 2.21 bits per heavy atom. The number of hydrogen-bond donors (Lipinski definition) is 1. The number of benzene rings is 1. The van der Waals surface area contributed by atoms with Crippen LogP contribution in [0.1, 0.15) is 16.1 Å². The SMILES string of the molecule is O=C(Oc1ccc2c(c1)SNN=C2)c1ccccn1. The molecule has 6 heteroatoms. The average Bonchev–Trinajstić information content (AvgIpc) is 2.48. The molecule has 0 bridgehead atoms. The van der Waals surface area contributed by atoms with E-state index in [0.29, 0.717) is 5.75 Å². The number of pyridine rings is 1. The molecule has 1 aliphatic heterocycles. The van der Waals surface area contributed by atoms with Gasteiger partial charge in [0, 0.05) is 28.6 Å². The van der Waals surface area contributed by atoms with Crippen molar-refractivity contribution in [3.8, 4) is 5.75 Å². The van der Waals surface area contributed by atoms with Crippen LogP contribution in [-0.2, 0) is 0 Å². The summed E-state index contributed by atoms with van der Waals surface area (Å²) in [7, 11) is 0. The second-order valence-electron chi connectivity index (χ2n) is 3.76. The number of rotatable bonds is 2. The van der Waals surface area contributed by atoms with Gasteiger partial charge in [0.25, 0.3) is 0 Å². The maximum Gasteiger partial charge on any atom is 0.362 e. The Morgan fingerprint density at radius 1 is 1.26 bits per heavy atom. The molecule has 0 fully saturated rings. The van der Waals surface area contributed by atoms with Crippen molar-refractivity contribution in [2.75, 3.05) is 0 Å². The Bertz CT molecular complexity index is 644. The topological polar surface area (TPSA) is 63.6 Å². The maximum absolute atomic E-state index is 11.8. The summed E-state index contributed by atoms with van der Waals surface area (Å²) >= 11 is 1.37. The molecule has 2 heterocycles. The predicted octanol–water partition coefficient (Wildman–Crippen LogP) is 2.25. The molecular formula is C13H9N3O2S. The minimum absolute atomic E-state index is 0.285. The summed E-state index contributed by atoms with van der Waals surface area (Å²) in [6.45, 7) is 0. The van der Waals surface area contributed by atoms with Gasteiger partial charge in [0.05, 0.1) is 6.21 Å². The third kappa shape index (κ3) is 2.58. The number of ether oxygens (including phenoxy) is 1. The lowest BCUT2D eigenvalue weighted by atomic mass is 10.2. The fourth-order valence-corrected chi connectivity index (χ4v) is 2.20. The molecule has 94 valence electrons. The van der Waals surface area contributed by atoms with Crippen molar-refractivity contribution in [2.24, 2.45) is 5.10 Å². The van der Waals surface area contributed by atoms with Crippen LogP contribution in [0.4, 0.5) is 0 Å². The second-order valence-corrected chi connectivity index (χ2v) is 4.58. The summed E-state index contributed by atoms with van der Waals surface area (Å²) < 4.78 is 5.28. The standard InChI is InChI=1S/C13H9N3O2S/c17-13(11-3-1-2-6-14-11)18-10-5-4-9-8-15-16-19-12(9)7-10/h1-8,16H. The van der Waals surface area contributed by atoms with Gasteiger partial charge in [0.2, 0.25) is 0 Å². The molecule has 0 spiro atoms. The van der Waals surface area contributed by atoms with Crippen LogP contribution in [0, 0.1) is 0 Å². The van der Waals surface area contributed by atoms with Gasteiger partial charge in [-0.3, -0.25) is 0 Å². The fourth-order valence-electron chi connectivity index (χ4n) is 1.59. The van der Waals surface area contributed by atoms with Gasteiger partial charge in [-0.15, -0.1) is 0 Å². The molecule has 1 aromatic carbocycles. The van der Waals surface area contributed by atoms with Crippen LogP contribution in [0.5, 0.6) is 5.75 Å².